The second kappa shape index (κ2) is 14.3. The minimum Gasteiger partial charge on any atom is -0.179 e. The van der Waals surface area contributed by atoms with E-state index in [1.54, 1.807) is 0 Å². The summed E-state index contributed by atoms with van der Waals surface area (Å²) in [6.45, 7) is 4.37. The number of hydrogen-bond acceptors (Lipinski definition) is 6. The van der Waals surface area contributed by atoms with Gasteiger partial charge < -0.3 is 0 Å². The molecule has 0 amide bonds. The number of rotatable bonds is 13. The maximum atomic E-state index is 4.77. The highest BCUT2D eigenvalue weighted by Crippen LogP contribution is 2.28. The Morgan fingerprint density at radius 1 is 0.636 bits per heavy atom. The molecule has 0 aromatic carbocycles. The smallest absolute Gasteiger partial charge is 0.00506 e. The van der Waals surface area contributed by atoms with Crippen molar-refractivity contribution < 1.29 is 0 Å². The zero-order valence-electron chi connectivity index (χ0n) is 13.8. The Kier molecular flexibility index (Phi) is 15.7. The van der Waals surface area contributed by atoms with E-state index < -0.39 is 0 Å². The minimum absolute atomic E-state index is 0.417. The molecule has 0 saturated heterocycles. The molecule has 0 heterocycles. The number of thiol groups is 6. The predicted molar refractivity (Wildman–Crippen MR) is 125 cm³/mol. The van der Waals surface area contributed by atoms with Crippen molar-refractivity contribution in [3.63, 3.8) is 0 Å². The van der Waals surface area contributed by atoms with Crippen molar-refractivity contribution in [2.24, 2.45) is 11.8 Å². The van der Waals surface area contributed by atoms with Crippen LogP contribution in [0.2, 0.25) is 0 Å². The van der Waals surface area contributed by atoms with Crippen molar-refractivity contribution in [3.8, 4) is 0 Å². The lowest BCUT2D eigenvalue weighted by molar-refractivity contribution is 0.460. The van der Waals surface area contributed by atoms with Crippen molar-refractivity contribution in [2.45, 2.75) is 73.4 Å². The van der Waals surface area contributed by atoms with Gasteiger partial charge in [0.2, 0.25) is 0 Å². The molecule has 0 N–H and O–H groups in total. The summed E-state index contributed by atoms with van der Waals surface area (Å²) in [5, 5.41) is 1.70. The second-order valence-corrected chi connectivity index (χ2v) is 9.71. The predicted octanol–water partition coefficient (Wildman–Crippen LogP) is 5.65. The van der Waals surface area contributed by atoms with Crippen molar-refractivity contribution in [2.75, 3.05) is 11.5 Å². The van der Waals surface area contributed by atoms with Gasteiger partial charge in [-0.15, -0.1) is 0 Å². The molecule has 22 heavy (non-hydrogen) atoms. The maximum Gasteiger partial charge on any atom is 0.00506 e. The summed E-state index contributed by atoms with van der Waals surface area (Å²) in [5.74, 6) is 2.88. The van der Waals surface area contributed by atoms with Crippen molar-refractivity contribution in [1.29, 1.82) is 0 Å². The van der Waals surface area contributed by atoms with Crippen molar-refractivity contribution in [3.05, 3.63) is 0 Å². The molecule has 0 radical (unpaired) electrons. The maximum absolute atomic E-state index is 4.77. The third-order valence-corrected chi connectivity index (χ3v) is 7.83. The molecule has 0 aliphatic rings. The van der Waals surface area contributed by atoms with Gasteiger partial charge in [0, 0.05) is 21.0 Å². The molecular formula is C16H34S6. The van der Waals surface area contributed by atoms with E-state index in [0.717, 1.165) is 50.0 Å². The molecule has 0 aromatic rings. The Morgan fingerprint density at radius 2 is 0.955 bits per heavy atom. The molecule has 4 unspecified atom stereocenters. The van der Waals surface area contributed by atoms with Gasteiger partial charge in [0.25, 0.3) is 0 Å². The van der Waals surface area contributed by atoms with Gasteiger partial charge in [0.15, 0.2) is 0 Å². The lowest BCUT2D eigenvalue weighted by atomic mass is 9.94. The third kappa shape index (κ3) is 10.2. The quantitative estimate of drug-likeness (QED) is 0.205. The molecule has 0 aromatic heterocycles. The van der Waals surface area contributed by atoms with Gasteiger partial charge in [-0.1, -0.05) is 13.8 Å². The van der Waals surface area contributed by atoms with Crippen LogP contribution in [0.3, 0.4) is 0 Å². The first-order chi connectivity index (χ1) is 10.4. The van der Waals surface area contributed by atoms with E-state index in [9.17, 15) is 0 Å². The topological polar surface area (TPSA) is 0 Å². The first kappa shape index (κ1) is 24.1. The summed E-state index contributed by atoms with van der Waals surface area (Å²) in [6, 6.07) is 0. The monoisotopic (exact) mass is 418 g/mol. The van der Waals surface area contributed by atoms with Crippen LogP contribution in [-0.4, -0.2) is 32.5 Å². The summed E-state index contributed by atoms with van der Waals surface area (Å²) >= 11 is 27.8. The molecule has 134 valence electrons. The average Bonchev–Trinajstić information content (AvgIpc) is 2.53. The van der Waals surface area contributed by atoms with Gasteiger partial charge in [-0.3, -0.25) is 0 Å². The molecule has 0 fully saturated rings. The molecule has 0 nitrogen and oxygen atoms in total. The van der Waals surface area contributed by atoms with E-state index in [2.05, 4.69) is 64.4 Å². The highest BCUT2D eigenvalue weighted by molar-refractivity contribution is 7.82. The van der Waals surface area contributed by atoms with Crippen LogP contribution in [0.1, 0.15) is 52.4 Å². The largest absolute Gasteiger partial charge is 0.179 e. The SMILES string of the molecule is CCC(S)[C@H](CS)CC(S)CCC(S)C[C@H](CS)C(S)CC. The molecule has 6 atom stereocenters. The highest BCUT2D eigenvalue weighted by atomic mass is 32.1. The van der Waals surface area contributed by atoms with Crippen molar-refractivity contribution >= 4 is 75.8 Å². The average molecular weight is 419 g/mol. The zero-order valence-corrected chi connectivity index (χ0v) is 19.2. The molecular weight excluding hydrogens is 385 g/mol. The standard InChI is InChI=1S/C16H34S6/c1-3-15(21)11(9-17)7-13(19)5-6-14(20)8-12(10-18)16(22)4-2/h11-22H,3-10H2,1-2H3/t11-,12+,13?,14?,15?,16?. The van der Waals surface area contributed by atoms with E-state index >= 15 is 0 Å². The molecule has 0 aliphatic heterocycles. The lowest BCUT2D eigenvalue weighted by Crippen LogP contribution is -2.22. The first-order valence-electron chi connectivity index (χ1n) is 8.33. The van der Waals surface area contributed by atoms with E-state index in [4.69, 9.17) is 25.3 Å². The Labute approximate surface area is 171 Å². The van der Waals surface area contributed by atoms with E-state index in [1.165, 1.54) is 0 Å². The van der Waals surface area contributed by atoms with Crippen LogP contribution >= 0.6 is 75.8 Å². The molecule has 0 aliphatic carbocycles. The summed E-state index contributed by atoms with van der Waals surface area (Å²) in [7, 11) is 0. The summed E-state index contributed by atoms with van der Waals surface area (Å²) < 4.78 is 0. The lowest BCUT2D eigenvalue weighted by Gasteiger charge is -2.26. The molecule has 0 saturated carbocycles. The van der Waals surface area contributed by atoms with Gasteiger partial charge in [0.1, 0.15) is 0 Å². The van der Waals surface area contributed by atoms with Crippen LogP contribution in [0.5, 0.6) is 0 Å². The molecule has 6 heteroatoms. The first-order valence-corrected chi connectivity index (χ1v) is 11.7. The molecule has 0 rings (SSSR count). The Morgan fingerprint density at radius 3 is 1.18 bits per heavy atom. The summed E-state index contributed by atoms with van der Waals surface area (Å²) in [5.41, 5.74) is 0. The van der Waals surface area contributed by atoms with Crippen LogP contribution in [0, 0.1) is 11.8 Å². The van der Waals surface area contributed by atoms with Gasteiger partial charge in [-0.2, -0.15) is 75.8 Å². The van der Waals surface area contributed by atoms with E-state index in [-0.39, 0.29) is 0 Å². The normalized spacial score (nSPS) is 20.2. The van der Waals surface area contributed by atoms with Crippen molar-refractivity contribution in [1.82, 2.24) is 0 Å². The third-order valence-electron chi connectivity index (χ3n) is 4.38. The molecule has 0 bridgehead atoms. The number of hydrogen-bond donors (Lipinski definition) is 6. The van der Waals surface area contributed by atoms with E-state index in [1.807, 2.05) is 0 Å². The van der Waals surface area contributed by atoms with Gasteiger partial charge in [-0.05, 0) is 61.9 Å². The zero-order chi connectivity index (χ0) is 17.1. The van der Waals surface area contributed by atoms with E-state index in [0.29, 0.717) is 32.8 Å². The fourth-order valence-electron chi connectivity index (χ4n) is 2.69. The Bertz CT molecular complexity index is 237. The van der Waals surface area contributed by atoms with Gasteiger partial charge >= 0.3 is 0 Å². The van der Waals surface area contributed by atoms with Crippen LogP contribution in [0.4, 0.5) is 0 Å². The highest BCUT2D eigenvalue weighted by Gasteiger charge is 2.21. The van der Waals surface area contributed by atoms with Gasteiger partial charge in [-0.25, -0.2) is 0 Å². The summed E-state index contributed by atoms with van der Waals surface area (Å²) in [6.07, 6.45) is 6.58. The van der Waals surface area contributed by atoms with Gasteiger partial charge in [0.05, 0.1) is 0 Å². The van der Waals surface area contributed by atoms with Crippen LogP contribution in [0.15, 0.2) is 0 Å². The fraction of sp³-hybridized carbons (Fsp3) is 1.00. The second-order valence-electron chi connectivity index (χ2n) is 6.19. The Hall–Kier alpha value is 2.10. The molecule has 0 spiro atoms. The Balaban J connectivity index is 4.14. The van der Waals surface area contributed by atoms with Crippen LogP contribution in [0.25, 0.3) is 0 Å². The van der Waals surface area contributed by atoms with Crippen LogP contribution < -0.4 is 0 Å². The fourth-order valence-corrected chi connectivity index (χ4v) is 5.13. The minimum atomic E-state index is 0.417. The summed E-state index contributed by atoms with van der Waals surface area (Å²) in [4.78, 5) is 0. The van der Waals surface area contributed by atoms with Crippen LogP contribution in [-0.2, 0) is 0 Å².